The third kappa shape index (κ3) is 4.02. The van der Waals surface area contributed by atoms with Crippen LogP contribution in [0.25, 0.3) is 0 Å². The first-order valence-electron chi connectivity index (χ1n) is 6.45. The van der Waals surface area contributed by atoms with Gasteiger partial charge in [-0.1, -0.05) is 20.3 Å². The van der Waals surface area contributed by atoms with Crippen molar-refractivity contribution in [1.29, 1.82) is 0 Å². The molecule has 0 amide bonds. The highest BCUT2D eigenvalue weighted by atomic mass is 16.6. The van der Waals surface area contributed by atoms with E-state index in [9.17, 15) is 10.1 Å². The summed E-state index contributed by atoms with van der Waals surface area (Å²) in [6.07, 6.45) is 2.28. The third-order valence-electron chi connectivity index (χ3n) is 3.28. The molecule has 0 saturated carbocycles. The van der Waals surface area contributed by atoms with Crippen LogP contribution in [0, 0.1) is 23.0 Å². The van der Waals surface area contributed by atoms with Gasteiger partial charge in [0.1, 0.15) is 0 Å². The topological polar surface area (TPSA) is 55.2 Å². The number of hydrogen-bond donors (Lipinski definition) is 1. The minimum atomic E-state index is -0.362. The first-order valence-corrected chi connectivity index (χ1v) is 6.45. The van der Waals surface area contributed by atoms with Gasteiger partial charge in [0, 0.05) is 23.9 Å². The van der Waals surface area contributed by atoms with Crippen molar-refractivity contribution in [1.82, 2.24) is 0 Å². The van der Waals surface area contributed by atoms with E-state index in [0.717, 1.165) is 17.7 Å². The predicted molar refractivity (Wildman–Crippen MR) is 75.0 cm³/mol. The lowest BCUT2D eigenvalue weighted by atomic mass is 10.00. The van der Waals surface area contributed by atoms with Gasteiger partial charge in [-0.3, -0.25) is 10.1 Å². The molecule has 0 aliphatic rings. The molecule has 0 aromatic heterocycles. The molecule has 1 aromatic rings. The Balaban J connectivity index is 2.70. The number of rotatable bonds is 6. The van der Waals surface area contributed by atoms with Crippen molar-refractivity contribution in [3.05, 3.63) is 33.9 Å². The molecular weight excluding hydrogens is 228 g/mol. The average Bonchev–Trinajstić information content (AvgIpc) is 2.31. The lowest BCUT2D eigenvalue weighted by Crippen LogP contribution is -2.18. The third-order valence-corrected chi connectivity index (χ3v) is 3.28. The number of nitro benzene ring substituents is 1. The van der Waals surface area contributed by atoms with Crippen molar-refractivity contribution in [3.8, 4) is 0 Å². The van der Waals surface area contributed by atoms with E-state index in [4.69, 9.17) is 0 Å². The summed E-state index contributed by atoms with van der Waals surface area (Å²) in [5.41, 5.74) is 2.05. The van der Waals surface area contributed by atoms with E-state index < -0.39 is 0 Å². The molecule has 4 heteroatoms. The average molecular weight is 250 g/mol. The quantitative estimate of drug-likeness (QED) is 0.609. The Morgan fingerprint density at radius 1 is 1.39 bits per heavy atom. The summed E-state index contributed by atoms with van der Waals surface area (Å²) in [5, 5.41) is 14.1. The van der Waals surface area contributed by atoms with Gasteiger partial charge in [0.15, 0.2) is 0 Å². The van der Waals surface area contributed by atoms with Crippen LogP contribution in [-0.2, 0) is 0 Å². The summed E-state index contributed by atoms with van der Waals surface area (Å²) in [6.45, 7) is 8.47. The van der Waals surface area contributed by atoms with Crippen molar-refractivity contribution < 1.29 is 4.92 Å². The van der Waals surface area contributed by atoms with Crippen molar-refractivity contribution in [3.63, 3.8) is 0 Å². The smallest absolute Gasteiger partial charge is 0.269 e. The molecule has 1 rings (SSSR count). The Hall–Kier alpha value is -1.58. The maximum atomic E-state index is 10.7. The van der Waals surface area contributed by atoms with E-state index >= 15 is 0 Å². The van der Waals surface area contributed by atoms with Gasteiger partial charge in [0.2, 0.25) is 0 Å². The van der Waals surface area contributed by atoms with Crippen molar-refractivity contribution in [2.75, 3.05) is 5.32 Å². The number of benzene rings is 1. The maximum Gasteiger partial charge on any atom is 0.269 e. The molecule has 18 heavy (non-hydrogen) atoms. The largest absolute Gasteiger partial charge is 0.382 e. The van der Waals surface area contributed by atoms with Crippen LogP contribution >= 0.6 is 0 Å². The number of aryl methyl sites for hydroxylation is 1. The number of anilines is 1. The zero-order valence-electron chi connectivity index (χ0n) is 11.6. The molecule has 2 unspecified atom stereocenters. The molecule has 1 aromatic carbocycles. The molecule has 1 N–H and O–H groups in total. The van der Waals surface area contributed by atoms with Crippen LogP contribution in [0.4, 0.5) is 11.4 Å². The van der Waals surface area contributed by atoms with E-state index in [-0.39, 0.29) is 10.6 Å². The molecule has 0 bridgehead atoms. The van der Waals surface area contributed by atoms with Crippen molar-refractivity contribution in [2.45, 2.75) is 46.6 Å². The Morgan fingerprint density at radius 2 is 2.06 bits per heavy atom. The Bertz CT molecular complexity index is 418. The van der Waals surface area contributed by atoms with Gasteiger partial charge in [-0.25, -0.2) is 0 Å². The van der Waals surface area contributed by atoms with Crippen LogP contribution in [0.2, 0.25) is 0 Å². The zero-order valence-corrected chi connectivity index (χ0v) is 11.6. The standard InChI is InChI=1S/C14H22N2O2/c1-5-10(2)8-12(4)15-14-7-6-13(16(17)18)9-11(14)3/h6-7,9-10,12,15H,5,8H2,1-4H3. The first-order chi connectivity index (χ1) is 8.43. The van der Waals surface area contributed by atoms with E-state index in [1.165, 1.54) is 6.42 Å². The predicted octanol–water partition coefficient (Wildman–Crippen LogP) is 4.14. The van der Waals surface area contributed by atoms with E-state index in [2.05, 4.69) is 26.1 Å². The van der Waals surface area contributed by atoms with Crippen LogP contribution in [0.15, 0.2) is 18.2 Å². The highest BCUT2D eigenvalue weighted by molar-refractivity contribution is 5.55. The number of nitrogens with zero attached hydrogens (tertiary/aromatic N) is 1. The molecule has 0 fully saturated rings. The molecule has 2 atom stereocenters. The highest BCUT2D eigenvalue weighted by Crippen LogP contribution is 2.23. The minimum Gasteiger partial charge on any atom is -0.382 e. The second-order valence-corrected chi connectivity index (χ2v) is 5.05. The Kier molecular flexibility index (Phi) is 5.13. The van der Waals surface area contributed by atoms with Gasteiger partial charge in [-0.15, -0.1) is 0 Å². The van der Waals surface area contributed by atoms with Crippen LogP contribution in [0.5, 0.6) is 0 Å². The zero-order chi connectivity index (χ0) is 13.7. The number of hydrogen-bond acceptors (Lipinski definition) is 3. The molecule has 0 spiro atoms. The second kappa shape index (κ2) is 6.38. The van der Waals surface area contributed by atoms with Crippen LogP contribution in [0.3, 0.4) is 0 Å². The minimum absolute atomic E-state index is 0.146. The van der Waals surface area contributed by atoms with Crippen LogP contribution in [0.1, 0.15) is 39.2 Å². The van der Waals surface area contributed by atoms with Gasteiger partial charge >= 0.3 is 0 Å². The van der Waals surface area contributed by atoms with E-state index in [1.807, 2.05) is 6.92 Å². The summed E-state index contributed by atoms with van der Waals surface area (Å²) in [7, 11) is 0. The number of non-ortho nitro benzene ring substituents is 1. The normalized spacial score (nSPS) is 14.0. The number of nitro groups is 1. The number of nitrogens with one attached hydrogen (secondary N) is 1. The SMILES string of the molecule is CCC(C)CC(C)Nc1ccc([N+](=O)[O-])cc1C. The van der Waals surface area contributed by atoms with Gasteiger partial charge in [0.05, 0.1) is 4.92 Å². The summed E-state index contributed by atoms with van der Waals surface area (Å²) in [4.78, 5) is 10.3. The highest BCUT2D eigenvalue weighted by Gasteiger charge is 2.11. The molecule has 100 valence electrons. The molecular formula is C14H22N2O2. The molecule has 0 aliphatic carbocycles. The van der Waals surface area contributed by atoms with Gasteiger partial charge in [-0.2, -0.15) is 0 Å². The molecule has 0 saturated heterocycles. The van der Waals surface area contributed by atoms with Gasteiger partial charge in [0.25, 0.3) is 5.69 Å². The van der Waals surface area contributed by atoms with Crippen molar-refractivity contribution >= 4 is 11.4 Å². The van der Waals surface area contributed by atoms with Crippen molar-refractivity contribution in [2.24, 2.45) is 5.92 Å². The van der Waals surface area contributed by atoms with E-state index in [0.29, 0.717) is 12.0 Å². The lowest BCUT2D eigenvalue weighted by molar-refractivity contribution is -0.384. The fourth-order valence-corrected chi connectivity index (χ4v) is 2.02. The monoisotopic (exact) mass is 250 g/mol. The Labute approximate surface area is 109 Å². The summed E-state index contributed by atoms with van der Waals surface area (Å²) in [6, 6.07) is 5.32. The molecule has 0 aliphatic heterocycles. The lowest BCUT2D eigenvalue weighted by Gasteiger charge is -2.19. The van der Waals surface area contributed by atoms with E-state index in [1.54, 1.807) is 18.2 Å². The van der Waals surface area contributed by atoms with Crippen LogP contribution < -0.4 is 5.32 Å². The van der Waals surface area contributed by atoms with Gasteiger partial charge < -0.3 is 5.32 Å². The maximum absolute atomic E-state index is 10.7. The summed E-state index contributed by atoms with van der Waals surface area (Å²) >= 11 is 0. The van der Waals surface area contributed by atoms with Gasteiger partial charge in [-0.05, 0) is 37.8 Å². The fraction of sp³-hybridized carbons (Fsp3) is 0.571. The Morgan fingerprint density at radius 3 is 2.56 bits per heavy atom. The first kappa shape index (κ1) is 14.5. The summed E-state index contributed by atoms with van der Waals surface area (Å²) < 4.78 is 0. The van der Waals surface area contributed by atoms with Crippen LogP contribution in [-0.4, -0.2) is 11.0 Å². The molecule has 4 nitrogen and oxygen atoms in total. The summed E-state index contributed by atoms with van der Waals surface area (Å²) in [5.74, 6) is 0.686. The fourth-order valence-electron chi connectivity index (χ4n) is 2.02. The second-order valence-electron chi connectivity index (χ2n) is 5.05. The molecule has 0 radical (unpaired) electrons. The molecule has 0 heterocycles.